The number of urea groups is 1. The highest BCUT2D eigenvalue weighted by Crippen LogP contribution is 2.27. The molecule has 0 aromatic carbocycles. The zero-order chi connectivity index (χ0) is 16.9. The summed E-state index contributed by atoms with van der Waals surface area (Å²) in [6, 6.07) is 3.68. The molecule has 0 fully saturated rings. The number of amides is 2. The molecule has 0 aliphatic carbocycles. The molecule has 0 unspecified atom stereocenters. The molecule has 0 saturated carbocycles. The Bertz CT molecular complexity index is 793. The van der Waals surface area contributed by atoms with E-state index >= 15 is 0 Å². The second-order valence-electron chi connectivity index (χ2n) is 5.63. The van der Waals surface area contributed by atoms with Crippen LogP contribution >= 0.6 is 22.7 Å². The summed E-state index contributed by atoms with van der Waals surface area (Å²) in [5.74, 6) is 1.52. The summed E-state index contributed by atoms with van der Waals surface area (Å²) in [5, 5.41) is 17.1. The zero-order valence-corrected chi connectivity index (χ0v) is 15.0. The minimum atomic E-state index is -0.351. The Morgan fingerprint density at radius 1 is 1.33 bits per heavy atom. The van der Waals surface area contributed by atoms with Gasteiger partial charge in [0.25, 0.3) is 0 Å². The van der Waals surface area contributed by atoms with Crippen LogP contribution in [0.4, 0.5) is 10.7 Å². The number of aromatic amines is 1. The average Bonchev–Trinajstić information content (AvgIpc) is 3.26. The lowest BCUT2D eigenvalue weighted by molar-refractivity contribution is 0.251. The Hall–Kier alpha value is -2.26. The number of nitrogens with zero attached hydrogens (tertiary/aromatic N) is 3. The van der Waals surface area contributed by atoms with Crippen molar-refractivity contribution in [2.75, 3.05) is 5.32 Å². The third-order valence-corrected chi connectivity index (χ3v) is 5.00. The number of anilines is 1. The van der Waals surface area contributed by atoms with E-state index in [1.165, 1.54) is 0 Å². The standard InChI is InChI=1S/C15H18N6OS2/c1-9(2)6-12-18-14(21-20-12)19-15(22)16-7-10-8-24-13(17-10)11-4-3-5-23-11/h3-5,8-9H,6-7H2,1-2H3,(H3,16,18,19,20,21,22). The number of aromatic nitrogens is 4. The lowest BCUT2D eigenvalue weighted by atomic mass is 10.1. The maximum Gasteiger partial charge on any atom is 0.321 e. The van der Waals surface area contributed by atoms with Crippen molar-refractivity contribution >= 4 is 34.7 Å². The van der Waals surface area contributed by atoms with Crippen molar-refractivity contribution in [2.24, 2.45) is 5.92 Å². The van der Waals surface area contributed by atoms with Gasteiger partial charge in [0.2, 0.25) is 5.95 Å². The smallest absolute Gasteiger partial charge is 0.321 e. The number of thiazole rings is 1. The Morgan fingerprint density at radius 2 is 2.21 bits per heavy atom. The summed E-state index contributed by atoms with van der Waals surface area (Å²) >= 11 is 3.22. The fourth-order valence-corrected chi connectivity index (χ4v) is 3.68. The van der Waals surface area contributed by atoms with Crippen LogP contribution in [0.25, 0.3) is 9.88 Å². The van der Waals surface area contributed by atoms with Crippen molar-refractivity contribution in [3.05, 3.63) is 34.4 Å². The summed E-state index contributed by atoms with van der Waals surface area (Å²) < 4.78 is 0. The maximum absolute atomic E-state index is 11.9. The molecule has 0 aliphatic heterocycles. The van der Waals surface area contributed by atoms with E-state index in [9.17, 15) is 4.79 Å². The third kappa shape index (κ3) is 4.39. The Balaban J connectivity index is 1.50. The second-order valence-corrected chi connectivity index (χ2v) is 7.44. The van der Waals surface area contributed by atoms with Crippen LogP contribution in [-0.2, 0) is 13.0 Å². The first-order chi connectivity index (χ1) is 11.6. The highest BCUT2D eigenvalue weighted by Gasteiger charge is 2.10. The molecule has 24 heavy (non-hydrogen) atoms. The van der Waals surface area contributed by atoms with Crippen molar-refractivity contribution in [3.63, 3.8) is 0 Å². The van der Waals surface area contributed by atoms with Gasteiger partial charge >= 0.3 is 6.03 Å². The molecule has 3 aromatic heterocycles. The molecule has 0 spiro atoms. The van der Waals surface area contributed by atoms with Crippen LogP contribution in [0.3, 0.4) is 0 Å². The van der Waals surface area contributed by atoms with Crippen molar-refractivity contribution in [1.82, 2.24) is 25.5 Å². The van der Waals surface area contributed by atoms with Gasteiger partial charge in [0, 0.05) is 11.8 Å². The first-order valence-corrected chi connectivity index (χ1v) is 9.30. The number of hydrogen-bond donors (Lipinski definition) is 3. The van der Waals surface area contributed by atoms with E-state index in [2.05, 4.69) is 44.6 Å². The van der Waals surface area contributed by atoms with Crippen LogP contribution in [0.15, 0.2) is 22.9 Å². The van der Waals surface area contributed by atoms with Gasteiger partial charge in [-0.3, -0.25) is 10.4 Å². The maximum atomic E-state index is 11.9. The first-order valence-electron chi connectivity index (χ1n) is 7.54. The van der Waals surface area contributed by atoms with Crippen molar-refractivity contribution in [2.45, 2.75) is 26.8 Å². The lowest BCUT2D eigenvalue weighted by Crippen LogP contribution is -2.28. The molecule has 2 amide bonds. The van der Waals surface area contributed by atoms with Crippen LogP contribution < -0.4 is 10.6 Å². The zero-order valence-electron chi connectivity index (χ0n) is 13.4. The molecular weight excluding hydrogens is 344 g/mol. The summed E-state index contributed by atoms with van der Waals surface area (Å²) in [6.45, 7) is 4.55. The van der Waals surface area contributed by atoms with Crippen LogP contribution in [-0.4, -0.2) is 26.2 Å². The molecule has 3 heterocycles. The van der Waals surface area contributed by atoms with Gasteiger partial charge in [-0.15, -0.1) is 27.8 Å². The van der Waals surface area contributed by atoms with E-state index in [1.54, 1.807) is 22.7 Å². The molecule has 126 valence electrons. The quantitative estimate of drug-likeness (QED) is 0.625. The molecule has 9 heteroatoms. The Morgan fingerprint density at radius 3 is 2.96 bits per heavy atom. The fraction of sp³-hybridized carbons (Fsp3) is 0.333. The Labute approximate surface area is 147 Å². The highest BCUT2D eigenvalue weighted by molar-refractivity contribution is 7.20. The average molecular weight is 362 g/mol. The molecule has 0 radical (unpaired) electrons. The normalized spacial score (nSPS) is 11.0. The summed E-state index contributed by atoms with van der Waals surface area (Å²) in [4.78, 5) is 21.8. The van der Waals surface area contributed by atoms with E-state index in [4.69, 9.17) is 0 Å². The number of carbonyl (C=O) groups is 1. The van der Waals surface area contributed by atoms with Gasteiger partial charge in [0.1, 0.15) is 10.8 Å². The van der Waals surface area contributed by atoms with Crippen LogP contribution in [0.1, 0.15) is 25.4 Å². The summed E-state index contributed by atoms with van der Waals surface area (Å²) in [5.41, 5.74) is 0.828. The van der Waals surface area contributed by atoms with Crippen LogP contribution in [0.5, 0.6) is 0 Å². The van der Waals surface area contributed by atoms with E-state index in [1.807, 2.05) is 22.9 Å². The minimum Gasteiger partial charge on any atom is -0.332 e. The molecule has 0 aliphatic rings. The number of thiophene rings is 1. The second kappa shape index (κ2) is 7.54. The van der Waals surface area contributed by atoms with Crippen LogP contribution in [0, 0.1) is 5.92 Å². The number of rotatable bonds is 6. The monoisotopic (exact) mass is 362 g/mol. The number of nitrogens with one attached hydrogen (secondary N) is 3. The minimum absolute atomic E-state index is 0.278. The van der Waals surface area contributed by atoms with E-state index < -0.39 is 0 Å². The topological polar surface area (TPSA) is 95.6 Å². The van der Waals surface area contributed by atoms with E-state index in [-0.39, 0.29) is 12.0 Å². The summed E-state index contributed by atoms with van der Waals surface area (Å²) in [6.07, 6.45) is 0.792. The number of carbonyl (C=O) groups excluding carboxylic acids is 1. The third-order valence-electron chi connectivity index (χ3n) is 3.07. The number of H-pyrrole nitrogens is 1. The molecule has 0 saturated heterocycles. The van der Waals surface area contributed by atoms with Gasteiger partial charge in [-0.2, -0.15) is 4.98 Å². The molecule has 3 rings (SSSR count). The van der Waals surface area contributed by atoms with E-state index in [0.717, 1.165) is 27.8 Å². The predicted octanol–water partition coefficient (Wildman–Crippen LogP) is 3.51. The van der Waals surface area contributed by atoms with Crippen molar-refractivity contribution in [3.8, 4) is 9.88 Å². The summed E-state index contributed by atoms with van der Waals surface area (Å²) in [7, 11) is 0. The van der Waals surface area contributed by atoms with Gasteiger partial charge < -0.3 is 5.32 Å². The molecule has 7 nitrogen and oxygen atoms in total. The molecule has 3 N–H and O–H groups in total. The first kappa shape index (κ1) is 16.6. The number of hydrogen-bond acceptors (Lipinski definition) is 6. The van der Waals surface area contributed by atoms with Gasteiger partial charge in [0.15, 0.2) is 0 Å². The van der Waals surface area contributed by atoms with Crippen LogP contribution in [0.2, 0.25) is 0 Å². The largest absolute Gasteiger partial charge is 0.332 e. The SMILES string of the molecule is CC(C)Cc1nc(NC(=O)NCc2csc(-c3cccs3)n2)n[nH]1. The Kier molecular flexibility index (Phi) is 5.21. The van der Waals surface area contributed by atoms with Crippen molar-refractivity contribution < 1.29 is 4.79 Å². The lowest BCUT2D eigenvalue weighted by Gasteiger charge is -2.02. The van der Waals surface area contributed by atoms with Gasteiger partial charge in [0.05, 0.1) is 17.1 Å². The van der Waals surface area contributed by atoms with Gasteiger partial charge in [-0.1, -0.05) is 19.9 Å². The molecule has 0 atom stereocenters. The van der Waals surface area contributed by atoms with E-state index in [0.29, 0.717) is 12.5 Å². The predicted molar refractivity (Wildman–Crippen MR) is 96.2 cm³/mol. The fourth-order valence-electron chi connectivity index (χ4n) is 2.05. The molecular formula is C15H18N6OS2. The van der Waals surface area contributed by atoms with Gasteiger partial charge in [-0.25, -0.2) is 9.78 Å². The highest BCUT2D eigenvalue weighted by atomic mass is 32.1. The molecule has 0 bridgehead atoms. The van der Waals surface area contributed by atoms with Crippen molar-refractivity contribution in [1.29, 1.82) is 0 Å². The molecule has 3 aromatic rings. The van der Waals surface area contributed by atoms with Gasteiger partial charge in [-0.05, 0) is 17.4 Å².